The number of benzene rings is 2. The van der Waals surface area contributed by atoms with Gasteiger partial charge < -0.3 is 4.90 Å². The highest BCUT2D eigenvalue weighted by Crippen LogP contribution is 2.39. The second-order valence-corrected chi connectivity index (χ2v) is 7.31. The van der Waals surface area contributed by atoms with Gasteiger partial charge in [0.2, 0.25) is 0 Å². The Morgan fingerprint density at radius 1 is 0.926 bits per heavy atom. The fraction of sp³-hybridized carbons (Fsp3) is 0.200. The number of hydrogen-bond donors (Lipinski definition) is 0. The fourth-order valence-electron chi connectivity index (χ4n) is 3.54. The Balaban J connectivity index is 1.88. The van der Waals surface area contributed by atoms with E-state index in [9.17, 15) is 14.0 Å². The Kier molecular flexibility index (Phi) is 4.66. The zero-order valence-corrected chi connectivity index (χ0v) is 15.7. The van der Waals surface area contributed by atoms with E-state index < -0.39 is 17.6 Å². The minimum absolute atomic E-state index is 0.196. The van der Waals surface area contributed by atoms with Crippen LogP contribution in [-0.4, -0.2) is 29.8 Å². The number of carbonyl (C=O) groups excluding carboxylic acids is 2. The normalized spacial score (nSPS) is 17.4. The Bertz CT molecular complexity index is 984. The number of amides is 2. The summed E-state index contributed by atoms with van der Waals surface area (Å²) < 4.78 is 13.7. The van der Waals surface area contributed by atoms with E-state index in [0.717, 1.165) is 17.7 Å². The van der Waals surface area contributed by atoms with E-state index in [2.05, 4.69) is 0 Å². The monoisotopic (exact) mass is 404 g/mol. The van der Waals surface area contributed by atoms with Gasteiger partial charge in [0, 0.05) is 23.7 Å². The summed E-state index contributed by atoms with van der Waals surface area (Å²) in [5, 5.41) is 0.724. The van der Waals surface area contributed by atoms with Gasteiger partial charge in [0.25, 0.3) is 11.8 Å². The van der Waals surface area contributed by atoms with Gasteiger partial charge in [-0.05, 0) is 43.2 Å². The minimum atomic E-state index is -0.520. The number of halogens is 3. The molecule has 4 nitrogen and oxygen atoms in total. The lowest BCUT2D eigenvalue weighted by Crippen LogP contribution is -2.34. The molecule has 0 bridgehead atoms. The molecule has 2 heterocycles. The predicted molar refractivity (Wildman–Crippen MR) is 103 cm³/mol. The Hall–Kier alpha value is -2.37. The van der Waals surface area contributed by atoms with Crippen molar-refractivity contribution in [1.82, 2.24) is 4.90 Å². The first-order valence-electron chi connectivity index (χ1n) is 8.56. The molecule has 0 saturated carbocycles. The summed E-state index contributed by atoms with van der Waals surface area (Å²) in [6.07, 6.45) is 1.87. The molecule has 0 aliphatic carbocycles. The summed E-state index contributed by atoms with van der Waals surface area (Å²) in [7, 11) is 0. The van der Waals surface area contributed by atoms with Crippen molar-refractivity contribution in [2.45, 2.75) is 12.8 Å². The van der Waals surface area contributed by atoms with Crippen LogP contribution in [0.1, 0.15) is 18.4 Å². The number of carbonyl (C=O) groups is 2. The van der Waals surface area contributed by atoms with Crippen LogP contribution in [0.25, 0.3) is 5.57 Å². The molecule has 0 N–H and O–H groups in total. The van der Waals surface area contributed by atoms with Crippen LogP contribution in [0, 0.1) is 5.82 Å². The number of likely N-dealkylation sites (tertiary alicyclic amines) is 1. The van der Waals surface area contributed by atoms with Crippen LogP contribution in [0.4, 0.5) is 10.1 Å². The molecular weight excluding hydrogens is 390 g/mol. The molecule has 2 amide bonds. The van der Waals surface area contributed by atoms with Crippen molar-refractivity contribution in [3.05, 3.63) is 69.6 Å². The molecule has 2 aromatic rings. The molecule has 0 radical (unpaired) electrons. The van der Waals surface area contributed by atoms with Gasteiger partial charge in [-0.3, -0.25) is 9.59 Å². The molecule has 4 rings (SSSR count). The van der Waals surface area contributed by atoms with Gasteiger partial charge in [0.05, 0.1) is 16.3 Å². The Labute approximate surface area is 165 Å². The van der Waals surface area contributed by atoms with Crippen molar-refractivity contribution in [1.29, 1.82) is 0 Å². The maximum absolute atomic E-state index is 13.7. The van der Waals surface area contributed by atoms with Crippen molar-refractivity contribution in [2.75, 3.05) is 18.0 Å². The average Bonchev–Trinajstić information content (AvgIpc) is 3.22. The number of imide groups is 1. The van der Waals surface area contributed by atoms with E-state index in [0.29, 0.717) is 29.4 Å². The van der Waals surface area contributed by atoms with Crippen LogP contribution in [0.5, 0.6) is 0 Å². The lowest BCUT2D eigenvalue weighted by Gasteiger charge is -2.20. The van der Waals surface area contributed by atoms with Crippen LogP contribution in [0.2, 0.25) is 10.0 Å². The topological polar surface area (TPSA) is 40.6 Å². The van der Waals surface area contributed by atoms with Crippen molar-refractivity contribution in [3.63, 3.8) is 0 Å². The highest BCUT2D eigenvalue weighted by molar-refractivity contribution is 6.47. The fourth-order valence-corrected chi connectivity index (χ4v) is 4.04. The molecule has 0 atom stereocenters. The highest BCUT2D eigenvalue weighted by Gasteiger charge is 2.43. The second-order valence-electron chi connectivity index (χ2n) is 6.47. The summed E-state index contributed by atoms with van der Waals surface area (Å²) in [5.74, 6) is -1.50. The molecule has 0 unspecified atom stereocenters. The summed E-state index contributed by atoms with van der Waals surface area (Å²) >= 11 is 12.3. The molecule has 2 aliphatic rings. The standard InChI is InChI=1S/C20H15Cl2FN2O2/c21-12-6-7-15(16(22)10-12)17-18(24-8-1-2-9-24)20(27)25(19(17)26)14-5-3-4-13(23)11-14/h3-7,10-11H,1-2,8-9H2. The molecule has 7 heteroatoms. The predicted octanol–water partition coefficient (Wildman–Crippen LogP) is 4.51. The van der Waals surface area contributed by atoms with Crippen LogP contribution in [0.3, 0.4) is 0 Å². The largest absolute Gasteiger partial charge is 0.366 e. The SMILES string of the molecule is O=C1C(c2ccc(Cl)cc2Cl)=C(N2CCCC2)C(=O)N1c1cccc(F)c1. The van der Waals surface area contributed by atoms with Crippen molar-refractivity contribution < 1.29 is 14.0 Å². The molecule has 1 fully saturated rings. The number of anilines is 1. The van der Waals surface area contributed by atoms with Gasteiger partial charge in [-0.15, -0.1) is 0 Å². The van der Waals surface area contributed by atoms with Crippen LogP contribution in [0.15, 0.2) is 48.2 Å². The van der Waals surface area contributed by atoms with Crippen molar-refractivity contribution >= 4 is 46.3 Å². The van der Waals surface area contributed by atoms with Gasteiger partial charge >= 0.3 is 0 Å². The summed E-state index contributed by atoms with van der Waals surface area (Å²) in [4.78, 5) is 29.3. The zero-order chi connectivity index (χ0) is 19.1. The molecule has 27 heavy (non-hydrogen) atoms. The molecule has 2 aliphatic heterocycles. The summed E-state index contributed by atoms with van der Waals surface area (Å²) in [6.45, 7) is 1.36. The molecule has 1 saturated heterocycles. The van der Waals surface area contributed by atoms with E-state index in [-0.39, 0.29) is 16.3 Å². The van der Waals surface area contributed by atoms with E-state index >= 15 is 0 Å². The third-order valence-electron chi connectivity index (χ3n) is 4.75. The van der Waals surface area contributed by atoms with E-state index in [4.69, 9.17) is 23.2 Å². The van der Waals surface area contributed by atoms with E-state index in [1.807, 2.05) is 4.90 Å². The maximum Gasteiger partial charge on any atom is 0.282 e. The molecule has 2 aromatic carbocycles. The Morgan fingerprint density at radius 3 is 2.33 bits per heavy atom. The van der Waals surface area contributed by atoms with Gasteiger partial charge in [-0.2, -0.15) is 0 Å². The second kappa shape index (κ2) is 6.98. The molecular formula is C20H15Cl2FN2O2. The Morgan fingerprint density at radius 2 is 1.67 bits per heavy atom. The first-order valence-corrected chi connectivity index (χ1v) is 9.32. The van der Waals surface area contributed by atoms with Crippen molar-refractivity contribution in [3.8, 4) is 0 Å². The third-order valence-corrected chi connectivity index (χ3v) is 5.30. The van der Waals surface area contributed by atoms with Gasteiger partial charge in [0.15, 0.2) is 0 Å². The van der Waals surface area contributed by atoms with E-state index in [1.54, 1.807) is 12.1 Å². The zero-order valence-electron chi connectivity index (χ0n) is 14.2. The summed E-state index contributed by atoms with van der Waals surface area (Å²) in [6, 6.07) is 10.2. The minimum Gasteiger partial charge on any atom is -0.366 e. The van der Waals surface area contributed by atoms with Crippen LogP contribution >= 0.6 is 23.2 Å². The lowest BCUT2D eigenvalue weighted by molar-refractivity contribution is -0.120. The van der Waals surface area contributed by atoms with Crippen LogP contribution in [-0.2, 0) is 9.59 Å². The van der Waals surface area contributed by atoms with Gasteiger partial charge in [0.1, 0.15) is 11.5 Å². The van der Waals surface area contributed by atoms with Gasteiger partial charge in [-0.1, -0.05) is 35.3 Å². The molecule has 0 spiro atoms. The quantitative estimate of drug-likeness (QED) is 0.706. The third kappa shape index (κ3) is 3.11. The lowest BCUT2D eigenvalue weighted by atomic mass is 10.0. The maximum atomic E-state index is 13.7. The highest BCUT2D eigenvalue weighted by atomic mass is 35.5. The average molecular weight is 405 g/mol. The number of rotatable bonds is 3. The van der Waals surface area contributed by atoms with Crippen molar-refractivity contribution in [2.24, 2.45) is 0 Å². The number of nitrogens with zero attached hydrogens (tertiary/aromatic N) is 2. The van der Waals surface area contributed by atoms with Gasteiger partial charge in [-0.25, -0.2) is 9.29 Å². The van der Waals surface area contributed by atoms with Crippen LogP contribution < -0.4 is 4.90 Å². The first-order chi connectivity index (χ1) is 13.0. The summed E-state index contributed by atoms with van der Waals surface area (Å²) in [5.41, 5.74) is 1.18. The first kappa shape index (κ1) is 18.0. The van der Waals surface area contributed by atoms with E-state index in [1.165, 1.54) is 30.3 Å². The molecule has 0 aromatic heterocycles. The molecule has 138 valence electrons. The number of hydrogen-bond acceptors (Lipinski definition) is 3. The smallest absolute Gasteiger partial charge is 0.282 e.